The van der Waals surface area contributed by atoms with Gasteiger partial charge in [0.05, 0.1) is 0 Å². The Morgan fingerprint density at radius 3 is 2.62 bits per heavy atom. The Labute approximate surface area is 79.5 Å². The average molecular weight is 188 g/mol. The van der Waals surface area contributed by atoms with Gasteiger partial charge in [-0.2, -0.15) is 0 Å². The molecular formula is C9H20N2O2. The maximum Gasteiger partial charge on any atom is 0.243 e. The van der Waals surface area contributed by atoms with Crippen LogP contribution in [0.1, 0.15) is 46.0 Å². The Bertz CT molecular complexity index is 158. The highest BCUT2D eigenvalue weighted by molar-refractivity contribution is 5.74. The maximum atomic E-state index is 10.7. The summed E-state index contributed by atoms with van der Waals surface area (Å²) < 4.78 is 0. The summed E-state index contributed by atoms with van der Waals surface area (Å²) in [6.07, 6.45) is 4.00. The number of nitrogens with one attached hydrogen (secondary N) is 1. The fourth-order valence-corrected chi connectivity index (χ4v) is 1.16. The van der Waals surface area contributed by atoms with Gasteiger partial charge in [-0.25, -0.2) is 5.48 Å². The second-order valence-electron chi connectivity index (χ2n) is 3.79. The lowest BCUT2D eigenvalue weighted by molar-refractivity contribution is -0.129. The van der Waals surface area contributed by atoms with Gasteiger partial charge in [0, 0.05) is 12.0 Å². The SMILES string of the molecule is CCCCC(C)(N)CCC(=O)NO. The minimum Gasteiger partial charge on any atom is -0.325 e. The molecule has 13 heavy (non-hydrogen) atoms. The number of nitrogens with two attached hydrogens (primary N) is 1. The Morgan fingerprint density at radius 2 is 2.15 bits per heavy atom. The predicted molar refractivity (Wildman–Crippen MR) is 51.3 cm³/mol. The van der Waals surface area contributed by atoms with Gasteiger partial charge in [-0.05, 0) is 19.8 Å². The smallest absolute Gasteiger partial charge is 0.243 e. The number of amides is 1. The molecule has 0 aliphatic heterocycles. The fourth-order valence-electron chi connectivity index (χ4n) is 1.16. The quantitative estimate of drug-likeness (QED) is 0.433. The van der Waals surface area contributed by atoms with E-state index in [0.717, 1.165) is 19.3 Å². The molecule has 0 saturated heterocycles. The molecular weight excluding hydrogens is 168 g/mol. The van der Waals surface area contributed by atoms with Crippen LogP contribution in [-0.2, 0) is 4.79 Å². The molecule has 4 heteroatoms. The Morgan fingerprint density at radius 1 is 1.54 bits per heavy atom. The number of hydrogen-bond donors (Lipinski definition) is 3. The third-order valence-corrected chi connectivity index (χ3v) is 2.15. The van der Waals surface area contributed by atoms with Crippen molar-refractivity contribution in [3.8, 4) is 0 Å². The van der Waals surface area contributed by atoms with Gasteiger partial charge in [0.2, 0.25) is 5.91 Å². The fraction of sp³-hybridized carbons (Fsp3) is 0.889. The molecule has 0 spiro atoms. The van der Waals surface area contributed by atoms with Gasteiger partial charge < -0.3 is 5.73 Å². The second kappa shape index (κ2) is 5.94. The molecule has 0 bridgehead atoms. The highest BCUT2D eigenvalue weighted by Gasteiger charge is 2.18. The van der Waals surface area contributed by atoms with Crippen molar-refractivity contribution in [2.24, 2.45) is 5.73 Å². The second-order valence-corrected chi connectivity index (χ2v) is 3.79. The zero-order valence-electron chi connectivity index (χ0n) is 8.47. The van der Waals surface area contributed by atoms with Crippen molar-refractivity contribution in [3.63, 3.8) is 0 Å². The Hall–Kier alpha value is -0.610. The van der Waals surface area contributed by atoms with Crippen molar-refractivity contribution < 1.29 is 10.0 Å². The maximum absolute atomic E-state index is 10.7. The molecule has 0 aliphatic carbocycles. The van der Waals surface area contributed by atoms with Crippen LogP contribution in [0.3, 0.4) is 0 Å². The molecule has 0 fully saturated rings. The number of hydrogen-bond acceptors (Lipinski definition) is 3. The first kappa shape index (κ1) is 12.4. The third kappa shape index (κ3) is 6.54. The van der Waals surface area contributed by atoms with Crippen molar-refractivity contribution >= 4 is 5.91 Å². The van der Waals surface area contributed by atoms with E-state index in [1.807, 2.05) is 6.92 Å². The molecule has 0 aliphatic rings. The molecule has 1 unspecified atom stereocenters. The molecule has 1 amide bonds. The van der Waals surface area contributed by atoms with Crippen LogP contribution in [0.4, 0.5) is 0 Å². The predicted octanol–water partition coefficient (Wildman–Crippen LogP) is 1.18. The van der Waals surface area contributed by atoms with E-state index < -0.39 is 0 Å². The highest BCUT2D eigenvalue weighted by Crippen LogP contribution is 2.16. The molecule has 0 rings (SSSR count). The lowest BCUT2D eigenvalue weighted by Crippen LogP contribution is -2.37. The number of rotatable bonds is 6. The highest BCUT2D eigenvalue weighted by atomic mass is 16.5. The van der Waals surface area contributed by atoms with Crippen LogP contribution in [0.5, 0.6) is 0 Å². The van der Waals surface area contributed by atoms with Crippen molar-refractivity contribution in [2.45, 2.75) is 51.5 Å². The zero-order chi connectivity index (χ0) is 10.3. The summed E-state index contributed by atoms with van der Waals surface area (Å²) in [5.74, 6) is -0.367. The number of unbranched alkanes of at least 4 members (excludes halogenated alkanes) is 1. The van der Waals surface area contributed by atoms with Crippen molar-refractivity contribution in [2.75, 3.05) is 0 Å². The first-order valence-electron chi connectivity index (χ1n) is 4.73. The van der Waals surface area contributed by atoms with Gasteiger partial charge in [-0.3, -0.25) is 10.0 Å². The van der Waals surface area contributed by atoms with Gasteiger partial charge in [0.15, 0.2) is 0 Å². The summed E-state index contributed by atoms with van der Waals surface area (Å²) in [7, 11) is 0. The standard InChI is InChI=1S/C9H20N2O2/c1-3-4-6-9(2,10)7-5-8(12)11-13/h13H,3-7,10H2,1-2H3,(H,11,12). The van der Waals surface area contributed by atoms with Gasteiger partial charge in [-0.1, -0.05) is 19.8 Å². The van der Waals surface area contributed by atoms with E-state index in [4.69, 9.17) is 10.9 Å². The first-order valence-corrected chi connectivity index (χ1v) is 4.73. The first-order chi connectivity index (χ1) is 6.02. The van der Waals surface area contributed by atoms with E-state index in [0.29, 0.717) is 6.42 Å². The number of hydroxylamine groups is 1. The lowest BCUT2D eigenvalue weighted by Gasteiger charge is -2.23. The van der Waals surface area contributed by atoms with Crippen LogP contribution in [0.25, 0.3) is 0 Å². The topological polar surface area (TPSA) is 75.4 Å². The molecule has 0 saturated carbocycles. The summed E-state index contributed by atoms with van der Waals surface area (Å²) in [5, 5.41) is 8.27. The summed E-state index contributed by atoms with van der Waals surface area (Å²) in [4.78, 5) is 10.7. The van der Waals surface area contributed by atoms with E-state index >= 15 is 0 Å². The number of carbonyl (C=O) groups is 1. The summed E-state index contributed by atoms with van der Waals surface area (Å²) in [6, 6.07) is 0. The molecule has 4 N–H and O–H groups in total. The summed E-state index contributed by atoms with van der Waals surface area (Å²) in [5.41, 5.74) is 7.25. The number of carbonyl (C=O) groups excluding carboxylic acids is 1. The molecule has 0 aromatic heterocycles. The molecule has 0 aromatic rings. The molecule has 1 atom stereocenters. The van der Waals surface area contributed by atoms with Crippen molar-refractivity contribution in [1.82, 2.24) is 5.48 Å². The third-order valence-electron chi connectivity index (χ3n) is 2.15. The van der Waals surface area contributed by atoms with E-state index in [1.165, 1.54) is 0 Å². The van der Waals surface area contributed by atoms with Crippen molar-refractivity contribution in [3.05, 3.63) is 0 Å². The molecule has 0 aromatic carbocycles. The monoisotopic (exact) mass is 188 g/mol. The Kier molecular flexibility index (Phi) is 5.66. The largest absolute Gasteiger partial charge is 0.325 e. The molecule has 0 heterocycles. The van der Waals surface area contributed by atoms with Crippen LogP contribution < -0.4 is 11.2 Å². The van der Waals surface area contributed by atoms with Crippen LogP contribution in [0, 0.1) is 0 Å². The minimum atomic E-state index is -0.367. The van der Waals surface area contributed by atoms with E-state index in [-0.39, 0.29) is 17.9 Å². The summed E-state index contributed by atoms with van der Waals surface area (Å²) in [6.45, 7) is 4.05. The van der Waals surface area contributed by atoms with Gasteiger partial charge in [0.25, 0.3) is 0 Å². The molecule has 78 valence electrons. The van der Waals surface area contributed by atoms with Crippen LogP contribution >= 0.6 is 0 Å². The Balaban J connectivity index is 3.67. The summed E-state index contributed by atoms with van der Waals surface area (Å²) >= 11 is 0. The normalized spacial score (nSPS) is 15.1. The van der Waals surface area contributed by atoms with Crippen LogP contribution in [-0.4, -0.2) is 16.7 Å². The van der Waals surface area contributed by atoms with Crippen molar-refractivity contribution in [1.29, 1.82) is 0 Å². The minimum absolute atomic E-state index is 0.285. The van der Waals surface area contributed by atoms with E-state index in [1.54, 1.807) is 5.48 Å². The average Bonchev–Trinajstić information content (AvgIpc) is 2.11. The van der Waals surface area contributed by atoms with Gasteiger partial charge in [0.1, 0.15) is 0 Å². The van der Waals surface area contributed by atoms with E-state index in [9.17, 15) is 4.79 Å². The van der Waals surface area contributed by atoms with Crippen LogP contribution in [0.15, 0.2) is 0 Å². The van der Waals surface area contributed by atoms with E-state index in [2.05, 4.69) is 6.92 Å². The molecule has 0 radical (unpaired) electrons. The van der Waals surface area contributed by atoms with Crippen LogP contribution in [0.2, 0.25) is 0 Å². The van der Waals surface area contributed by atoms with Gasteiger partial charge in [-0.15, -0.1) is 0 Å². The zero-order valence-corrected chi connectivity index (χ0v) is 8.47. The van der Waals surface area contributed by atoms with Gasteiger partial charge >= 0.3 is 0 Å². The molecule has 4 nitrogen and oxygen atoms in total. The lowest BCUT2D eigenvalue weighted by atomic mass is 9.91.